The lowest BCUT2D eigenvalue weighted by Crippen LogP contribution is -2.29. The van der Waals surface area contributed by atoms with Crippen molar-refractivity contribution in [2.75, 3.05) is 13.1 Å². The van der Waals surface area contributed by atoms with E-state index >= 15 is 0 Å². The number of carbonyl (C=O) groups is 1. The van der Waals surface area contributed by atoms with Crippen LogP contribution in [0.1, 0.15) is 23.3 Å². The lowest BCUT2D eigenvalue weighted by atomic mass is 10.3. The van der Waals surface area contributed by atoms with Crippen molar-refractivity contribution in [3.63, 3.8) is 0 Å². The quantitative estimate of drug-likeness (QED) is 0.829. The highest BCUT2D eigenvalue weighted by molar-refractivity contribution is 5.93. The summed E-state index contributed by atoms with van der Waals surface area (Å²) >= 11 is 0. The Morgan fingerprint density at radius 1 is 1.16 bits per heavy atom. The molecule has 0 saturated carbocycles. The minimum absolute atomic E-state index is 0.0145. The van der Waals surface area contributed by atoms with Gasteiger partial charge in [0, 0.05) is 18.8 Å². The van der Waals surface area contributed by atoms with E-state index in [1.807, 2.05) is 4.90 Å². The van der Waals surface area contributed by atoms with Gasteiger partial charge in [-0.05, 0) is 37.1 Å². The van der Waals surface area contributed by atoms with E-state index in [0.29, 0.717) is 5.69 Å². The first-order valence-corrected chi connectivity index (χ1v) is 6.33. The molecule has 4 nitrogen and oxygen atoms in total. The molecule has 0 bridgehead atoms. The maximum Gasteiger partial charge on any atom is 0.272 e. The molecule has 98 valence electrons. The molecule has 1 aromatic heterocycles. The van der Waals surface area contributed by atoms with Crippen molar-refractivity contribution < 1.29 is 9.18 Å². The largest absolute Gasteiger partial charge is 0.337 e. The number of likely N-dealkylation sites (tertiary alicyclic amines) is 1. The van der Waals surface area contributed by atoms with E-state index in [1.54, 1.807) is 29.2 Å². The number of carbonyl (C=O) groups excluding carboxylic acids is 1. The fourth-order valence-electron chi connectivity index (χ4n) is 2.34. The fraction of sp³-hybridized carbons (Fsp3) is 0.286. The van der Waals surface area contributed by atoms with Crippen LogP contribution < -0.4 is 0 Å². The Bertz CT molecular complexity index is 585. The Labute approximate surface area is 110 Å². The van der Waals surface area contributed by atoms with Crippen molar-refractivity contribution in [2.45, 2.75) is 12.8 Å². The van der Waals surface area contributed by atoms with Gasteiger partial charge in [-0.1, -0.05) is 0 Å². The molecule has 1 aliphatic rings. The van der Waals surface area contributed by atoms with E-state index in [1.165, 1.54) is 12.1 Å². The molecule has 0 spiro atoms. The number of aromatic nitrogens is 2. The summed E-state index contributed by atoms with van der Waals surface area (Å²) in [7, 11) is 0. The number of imidazole rings is 1. The first-order valence-electron chi connectivity index (χ1n) is 6.33. The Morgan fingerprint density at radius 3 is 2.53 bits per heavy atom. The molecule has 0 N–H and O–H groups in total. The van der Waals surface area contributed by atoms with Crippen LogP contribution in [-0.4, -0.2) is 33.4 Å². The van der Waals surface area contributed by atoms with Crippen molar-refractivity contribution in [1.82, 2.24) is 14.5 Å². The SMILES string of the molecule is O=C(c1cncn1-c1ccc(F)cc1)N1CCCC1. The second-order valence-corrected chi connectivity index (χ2v) is 4.62. The van der Waals surface area contributed by atoms with Gasteiger partial charge in [0.15, 0.2) is 0 Å². The Kier molecular flexibility index (Phi) is 3.03. The third-order valence-electron chi connectivity index (χ3n) is 3.36. The van der Waals surface area contributed by atoms with Gasteiger partial charge in [0.2, 0.25) is 0 Å². The monoisotopic (exact) mass is 259 g/mol. The number of hydrogen-bond donors (Lipinski definition) is 0. The molecule has 0 atom stereocenters. The van der Waals surface area contributed by atoms with Gasteiger partial charge in [-0.25, -0.2) is 9.37 Å². The molecule has 0 radical (unpaired) electrons. The van der Waals surface area contributed by atoms with Crippen molar-refractivity contribution in [2.24, 2.45) is 0 Å². The van der Waals surface area contributed by atoms with Crippen LogP contribution in [0.5, 0.6) is 0 Å². The van der Waals surface area contributed by atoms with Crippen molar-refractivity contribution >= 4 is 5.91 Å². The maximum atomic E-state index is 12.9. The molecule has 5 heteroatoms. The van der Waals surface area contributed by atoms with E-state index in [2.05, 4.69) is 4.98 Å². The fourth-order valence-corrected chi connectivity index (χ4v) is 2.34. The molecule has 0 aliphatic carbocycles. The number of nitrogens with zero attached hydrogens (tertiary/aromatic N) is 3. The third-order valence-corrected chi connectivity index (χ3v) is 3.36. The van der Waals surface area contributed by atoms with Crippen molar-refractivity contribution in [3.05, 3.63) is 48.3 Å². The van der Waals surface area contributed by atoms with Gasteiger partial charge in [0.05, 0.1) is 12.5 Å². The highest BCUT2D eigenvalue weighted by atomic mass is 19.1. The van der Waals surface area contributed by atoms with Gasteiger partial charge >= 0.3 is 0 Å². The van der Waals surface area contributed by atoms with Crippen molar-refractivity contribution in [3.8, 4) is 5.69 Å². The second-order valence-electron chi connectivity index (χ2n) is 4.62. The van der Waals surface area contributed by atoms with Crippen LogP contribution >= 0.6 is 0 Å². The van der Waals surface area contributed by atoms with E-state index in [4.69, 9.17) is 0 Å². The van der Waals surface area contributed by atoms with Crippen LogP contribution in [0.3, 0.4) is 0 Å². The second kappa shape index (κ2) is 4.84. The van der Waals surface area contributed by atoms with Crippen LogP contribution in [0.25, 0.3) is 5.69 Å². The third kappa shape index (κ3) is 2.23. The van der Waals surface area contributed by atoms with Crippen LogP contribution in [0, 0.1) is 5.82 Å². The molecule has 19 heavy (non-hydrogen) atoms. The summed E-state index contributed by atoms with van der Waals surface area (Å²) in [6.07, 6.45) is 5.24. The van der Waals surface area contributed by atoms with Gasteiger partial charge < -0.3 is 4.90 Å². The van der Waals surface area contributed by atoms with Gasteiger partial charge in [-0.3, -0.25) is 9.36 Å². The molecule has 2 aromatic rings. The average molecular weight is 259 g/mol. The van der Waals surface area contributed by atoms with E-state index < -0.39 is 0 Å². The molecule has 1 aromatic carbocycles. The lowest BCUT2D eigenvalue weighted by Gasteiger charge is -2.16. The summed E-state index contributed by atoms with van der Waals surface area (Å²) in [5.41, 5.74) is 1.26. The molecule has 1 fully saturated rings. The smallest absolute Gasteiger partial charge is 0.272 e. The Morgan fingerprint density at radius 2 is 1.84 bits per heavy atom. The number of halogens is 1. The summed E-state index contributed by atoms with van der Waals surface area (Å²) in [4.78, 5) is 18.2. The minimum Gasteiger partial charge on any atom is -0.337 e. The van der Waals surface area contributed by atoms with Crippen LogP contribution in [0.4, 0.5) is 4.39 Å². The summed E-state index contributed by atoms with van der Waals surface area (Å²) in [5.74, 6) is -0.310. The molecule has 1 aliphatic heterocycles. The summed E-state index contributed by atoms with van der Waals surface area (Å²) in [5, 5.41) is 0. The summed E-state index contributed by atoms with van der Waals surface area (Å²) in [6.45, 7) is 1.60. The highest BCUT2D eigenvalue weighted by Crippen LogP contribution is 2.16. The van der Waals surface area contributed by atoms with Crippen LogP contribution in [0.2, 0.25) is 0 Å². The topological polar surface area (TPSA) is 38.1 Å². The molecular formula is C14H14FN3O. The van der Waals surface area contributed by atoms with Crippen LogP contribution in [-0.2, 0) is 0 Å². The Hall–Kier alpha value is -2.17. The zero-order valence-corrected chi connectivity index (χ0v) is 10.4. The molecule has 2 heterocycles. The molecule has 1 amide bonds. The standard InChI is InChI=1S/C14H14FN3O/c15-11-3-5-12(6-4-11)18-10-16-9-13(18)14(19)17-7-1-2-8-17/h3-6,9-10H,1-2,7-8H2. The minimum atomic E-state index is -0.295. The summed E-state index contributed by atoms with van der Waals surface area (Å²) < 4.78 is 14.6. The normalized spacial score (nSPS) is 14.9. The first kappa shape index (κ1) is 11.9. The first-order chi connectivity index (χ1) is 9.25. The number of hydrogen-bond acceptors (Lipinski definition) is 2. The van der Waals surface area contributed by atoms with E-state index in [9.17, 15) is 9.18 Å². The van der Waals surface area contributed by atoms with Gasteiger partial charge in [0.25, 0.3) is 5.91 Å². The number of benzene rings is 1. The predicted molar refractivity (Wildman–Crippen MR) is 68.7 cm³/mol. The Balaban J connectivity index is 1.93. The number of rotatable bonds is 2. The predicted octanol–water partition coefficient (Wildman–Crippen LogP) is 2.25. The van der Waals surface area contributed by atoms with Gasteiger partial charge in [0.1, 0.15) is 11.5 Å². The van der Waals surface area contributed by atoms with E-state index in [-0.39, 0.29) is 11.7 Å². The van der Waals surface area contributed by atoms with Gasteiger partial charge in [-0.2, -0.15) is 0 Å². The maximum absolute atomic E-state index is 12.9. The number of amides is 1. The lowest BCUT2D eigenvalue weighted by molar-refractivity contribution is 0.0785. The van der Waals surface area contributed by atoms with E-state index in [0.717, 1.165) is 31.6 Å². The molecule has 0 unspecified atom stereocenters. The zero-order chi connectivity index (χ0) is 13.2. The zero-order valence-electron chi connectivity index (χ0n) is 10.4. The summed E-state index contributed by atoms with van der Waals surface area (Å²) in [6, 6.07) is 6.02. The molecule has 3 rings (SSSR count). The molecular weight excluding hydrogens is 245 g/mol. The van der Waals surface area contributed by atoms with Crippen molar-refractivity contribution in [1.29, 1.82) is 0 Å². The highest BCUT2D eigenvalue weighted by Gasteiger charge is 2.22. The molecule has 1 saturated heterocycles. The van der Waals surface area contributed by atoms with Crippen LogP contribution in [0.15, 0.2) is 36.8 Å². The average Bonchev–Trinajstić information content (AvgIpc) is 3.10. The van der Waals surface area contributed by atoms with Gasteiger partial charge in [-0.15, -0.1) is 0 Å².